The molecule has 0 bridgehead atoms. The number of hydrogen-bond donors (Lipinski definition) is 1. The van der Waals surface area contributed by atoms with Crippen LogP contribution in [0, 0.1) is 0 Å². The van der Waals surface area contributed by atoms with Gasteiger partial charge in [0.05, 0.1) is 26.9 Å². The van der Waals surface area contributed by atoms with Crippen LogP contribution in [0.4, 0.5) is 5.69 Å². The number of ether oxygens (including phenoxy) is 3. The lowest BCUT2D eigenvalue weighted by molar-refractivity contribution is -0.110. The van der Waals surface area contributed by atoms with Crippen LogP contribution in [-0.2, 0) is 4.79 Å². The SMILES string of the molecule is COc1cc(C(=O)C=C2C(=O)Nc3ccc(Cl)cc32)cc(OC)c1OC. The van der Waals surface area contributed by atoms with Crippen LogP contribution < -0.4 is 19.5 Å². The first-order valence-electron chi connectivity index (χ1n) is 7.65. The fraction of sp³-hybridized carbons (Fsp3) is 0.158. The fourth-order valence-electron chi connectivity index (χ4n) is 2.74. The molecule has 0 spiro atoms. The van der Waals surface area contributed by atoms with Crippen LogP contribution >= 0.6 is 11.6 Å². The second kappa shape index (κ2) is 7.09. The second-order valence-corrected chi connectivity index (χ2v) is 5.92. The highest BCUT2D eigenvalue weighted by Gasteiger charge is 2.26. The Bertz CT molecular complexity index is 911. The average Bonchev–Trinajstić information content (AvgIpc) is 2.95. The minimum Gasteiger partial charge on any atom is -0.493 e. The number of amides is 1. The van der Waals surface area contributed by atoms with Crippen LogP contribution in [0.25, 0.3) is 5.57 Å². The van der Waals surface area contributed by atoms with E-state index >= 15 is 0 Å². The average molecular weight is 374 g/mol. The van der Waals surface area contributed by atoms with Crippen molar-refractivity contribution in [1.29, 1.82) is 0 Å². The van der Waals surface area contributed by atoms with Gasteiger partial charge in [-0.15, -0.1) is 0 Å². The largest absolute Gasteiger partial charge is 0.493 e. The number of nitrogens with one attached hydrogen (secondary N) is 1. The summed E-state index contributed by atoms with van der Waals surface area (Å²) in [6.45, 7) is 0. The highest BCUT2D eigenvalue weighted by molar-refractivity contribution is 6.36. The maximum Gasteiger partial charge on any atom is 0.256 e. The minimum absolute atomic E-state index is 0.251. The van der Waals surface area contributed by atoms with Gasteiger partial charge in [-0.25, -0.2) is 0 Å². The molecule has 26 heavy (non-hydrogen) atoms. The number of benzene rings is 2. The van der Waals surface area contributed by atoms with Gasteiger partial charge < -0.3 is 19.5 Å². The second-order valence-electron chi connectivity index (χ2n) is 5.48. The van der Waals surface area contributed by atoms with Gasteiger partial charge in [0.15, 0.2) is 17.3 Å². The van der Waals surface area contributed by atoms with Gasteiger partial charge in [0, 0.05) is 21.8 Å². The third kappa shape index (κ3) is 3.11. The number of rotatable bonds is 5. The molecule has 6 nitrogen and oxygen atoms in total. The first kappa shape index (κ1) is 17.8. The molecule has 134 valence electrons. The molecule has 1 amide bonds. The number of allylic oxidation sites excluding steroid dienone is 1. The van der Waals surface area contributed by atoms with Crippen molar-refractivity contribution in [2.24, 2.45) is 0 Å². The van der Waals surface area contributed by atoms with Gasteiger partial charge in [0.1, 0.15) is 0 Å². The Kier molecular flexibility index (Phi) is 4.86. The quantitative estimate of drug-likeness (QED) is 0.640. The Balaban J connectivity index is 2.05. The normalized spacial score (nSPS) is 14.0. The Morgan fingerprint density at radius 2 is 1.69 bits per heavy atom. The summed E-state index contributed by atoms with van der Waals surface area (Å²) in [7, 11) is 4.41. The molecule has 0 saturated heterocycles. The summed E-state index contributed by atoms with van der Waals surface area (Å²) in [6, 6.07) is 8.08. The summed E-state index contributed by atoms with van der Waals surface area (Å²) < 4.78 is 15.8. The Morgan fingerprint density at radius 1 is 1.04 bits per heavy atom. The first-order chi connectivity index (χ1) is 12.5. The van der Waals surface area contributed by atoms with E-state index in [4.69, 9.17) is 25.8 Å². The molecule has 1 aliphatic rings. The van der Waals surface area contributed by atoms with Crippen LogP contribution in [0.1, 0.15) is 15.9 Å². The van der Waals surface area contributed by atoms with Gasteiger partial charge in [-0.2, -0.15) is 0 Å². The molecule has 3 rings (SSSR count). The minimum atomic E-state index is -0.373. The first-order valence-corrected chi connectivity index (χ1v) is 8.03. The van der Waals surface area contributed by atoms with Crippen molar-refractivity contribution in [3.05, 3.63) is 52.6 Å². The van der Waals surface area contributed by atoms with E-state index in [-0.39, 0.29) is 17.3 Å². The number of hydrogen-bond acceptors (Lipinski definition) is 5. The van der Waals surface area contributed by atoms with E-state index < -0.39 is 0 Å². The molecule has 0 saturated carbocycles. The molecule has 0 aromatic heterocycles. The lowest BCUT2D eigenvalue weighted by Gasteiger charge is -2.13. The molecule has 0 radical (unpaired) electrons. The molecule has 0 unspecified atom stereocenters. The monoisotopic (exact) mass is 373 g/mol. The number of carbonyl (C=O) groups is 2. The van der Waals surface area contributed by atoms with Crippen molar-refractivity contribution >= 4 is 34.6 Å². The lowest BCUT2D eigenvalue weighted by atomic mass is 10.0. The Hall–Kier alpha value is -2.99. The number of anilines is 1. The van der Waals surface area contributed by atoms with Crippen molar-refractivity contribution in [2.75, 3.05) is 26.6 Å². The van der Waals surface area contributed by atoms with E-state index in [0.29, 0.717) is 39.1 Å². The van der Waals surface area contributed by atoms with Gasteiger partial charge in [-0.1, -0.05) is 11.6 Å². The molecule has 1 heterocycles. The van der Waals surface area contributed by atoms with Gasteiger partial charge in [-0.05, 0) is 36.4 Å². The molecular formula is C19H16ClNO5. The van der Waals surface area contributed by atoms with E-state index in [1.165, 1.54) is 39.5 Å². The van der Waals surface area contributed by atoms with E-state index in [1.54, 1.807) is 18.2 Å². The third-order valence-corrected chi connectivity index (χ3v) is 4.22. The number of fused-ring (bicyclic) bond motifs is 1. The molecule has 7 heteroatoms. The summed E-state index contributed by atoms with van der Waals surface area (Å²) >= 11 is 6.00. The molecule has 2 aromatic rings. The van der Waals surface area contributed by atoms with Gasteiger partial charge in [0.2, 0.25) is 5.75 Å². The predicted molar refractivity (Wildman–Crippen MR) is 98.5 cm³/mol. The summed E-state index contributed by atoms with van der Waals surface area (Å²) in [5.41, 5.74) is 1.75. The van der Waals surface area contributed by atoms with Crippen molar-refractivity contribution in [3.8, 4) is 17.2 Å². The third-order valence-electron chi connectivity index (χ3n) is 3.99. The number of carbonyl (C=O) groups excluding carboxylic acids is 2. The maximum atomic E-state index is 12.7. The number of methoxy groups -OCH3 is 3. The van der Waals surface area contributed by atoms with Gasteiger partial charge in [-0.3, -0.25) is 9.59 Å². The summed E-state index contributed by atoms with van der Waals surface area (Å²) in [4.78, 5) is 24.9. The van der Waals surface area contributed by atoms with Crippen LogP contribution in [0.2, 0.25) is 5.02 Å². The Morgan fingerprint density at radius 3 is 2.27 bits per heavy atom. The lowest BCUT2D eigenvalue weighted by Crippen LogP contribution is -2.06. The standard InChI is InChI=1S/C19H16ClNO5/c1-24-16-6-10(7-17(25-2)18(16)26-3)15(22)9-13-12-8-11(20)4-5-14(12)21-19(13)23/h4-9H,1-3H3,(H,21,23). The highest BCUT2D eigenvalue weighted by atomic mass is 35.5. The molecule has 0 atom stereocenters. The number of ketones is 1. The molecule has 0 aliphatic carbocycles. The molecule has 1 aliphatic heterocycles. The number of halogens is 1. The molecule has 2 aromatic carbocycles. The summed E-state index contributed by atoms with van der Waals surface area (Å²) in [6.07, 6.45) is 1.28. The van der Waals surface area contributed by atoms with Crippen LogP contribution in [0.3, 0.4) is 0 Å². The van der Waals surface area contributed by atoms with Crippen LogP contribution in [0.5, 0.6) is 17.2 Å². The highest BCUT2D eigenvalue weighted by Crippen LogP contribution is 2.39. The van der Waals surface area contributed by atoms with E-state index in [2.05, 4.69) is 5.32 Å². The summed E-state index contributed by atoms with van der Waals surface area (Å²) in [5.74, 6) is 0.362. The zero-order chi connectivity index (χ0) is 18.8. The molecule has 1 N–H and O–H groups in total. The zero-order valence-corrected chi connectivity index (χ0v) is 15.1. The topological polar surface area (TPSA) is 73.9 Å². The molecular weight excluding hydrogens is 358 g/mol. The summed E-state index contributed by atoms with van der Waals surface area (Å²) in [5, 5.41) is 3.19. The van der Waals surface area contributed by atoms with E-state index in [9.17, 15) is 9.59 Å². The van der Waals surface area contributed by atoms with Crippen LogP contribution in [-0.4, -0.2) is 33.0 Å². The zero-order valence-electron chi connectivity index (χ0n) is 14.4. The van der Waals surface area contributed by atoms with Crippen molar-refractivity contribution in [3.63, 3.8) is 0 Å². The smallest absolute Gasteiger partial charge is 0.256 e. The van der Waals surface area contributed by atoms with Gasteiger partial charge in [0.25, 0.3) is 5.91 Å². The van der Waals surface area contributed by atoms with Crippen molar-refractivity contribution < 1.29 is 23.8 Å². The van der Waals surface area contributed by atoms with E-state index in [1.807, 2.05) is 0 Å². The van der Waals surface area contributed by atoms with E-state index in [0.717, 1.165) is 0 Å². The van der Waals surface area contributed by atoms with Crippen molar-refractivity contribution in [1.82, 2.24) is 0 Å². The Labute approximate surface area is 155 Å². The van der Waals surface area contributed by atoms with Crippen LogP contribution in [0.15, 0.2) is 36.4 Å². The molecule has 0 fully saturated rings. The maximum absolute atomic E-state index is 12.7. The predicted octanol–water partition coefficient (Wildman–Crippen LogP) is 3.58. The fourth-order valence-corrected chi connectivity index (χ4v) is 2.91. The van der Waals surface area contributed by atoms with Gasteiger partial charge >= 0.3 is 0 Å². The van der Waals surface area contributed by atoms with Crippen molar-refractivity contribution in [2.45, 2.75) is 0 Å².